The SMILES string of the molecule is CC1CCCC(n2cnc(-c3cc(Cl)ccc3-n3cnc(C#N)c3)cc2=O)c2cc(ccn2)-c2c(cnn2C)NC1=O. The molecule has 11 nitrogen and oxygen atoms in total. The number of nitrogens with one attached hydrogen (secondary N) is 1. The quantitative estimate of drug-likeness (QED) is 0.325. The van der Waals surface area contributed by atoms with E-state index in [0.29, 0.717) is 52.6 Å². The molecule has 0 radical (unpaired) electrons. The Bertz CT molecular complexity index is 1920. The van der Waals surface area contributed by atoms with Gasteiger partial charge in [0.05, 0.1) is 47.0 Å². The van der Waals surface area contributed by atoms with Crippen LogP contribution in [0.25, 0.3) is 28.2 Å². The van der Waals surface area contributed by atoms with E-state index in [1.807, 2.05) is 32.2 Å². The van der Waals surface area contributed by atoms with Gasteiger partial charge in [0.25, 0.3) is 5.56 Å². The second kappa shape index (κ2) is 11.1. The number of carbonyl (C=O) groups excluding carboxylic acids is 1. The summed E-state index contributed by atoms with van der Waals surface area (Å²) in [5.74, 6) is -0.302. The highest BCUT2D eigenvalue weighted by molar-refractivity contribution is 6.31. The first kappa shape index (κ1) is 27.1. The van der Waals surface area contributed by atoms with Crippen LogP contribution in [0.5, 0.6) is 0 Å². The number of carbonyl (C=O) groups is 1. The van der Waals surface area contributed by atoms with Crippen LogP contribution in [-0.4, -0.2) is 39.8 Å². The van der Waals surface area contributed by atoms with Gasteiger partial charge in [-0.15, -0.1) is 0 Å². The van der Waals surface area contributed by atoms with Gasteiger partial charge in [-0.05, 0) is 43.2 Å². The predicted molar refractivity (Wildman–Crippen MR) is 157 cm³/mol. The Labute approximate surface area is 246 Å². The zero-order valence-corrected chi connectivity index (χ0v) is 23.7. The van der Waals surface area contributed by atoms with Gasteiger partial charge in [-0.2, -0.15) is 10.4 Å². The molecule has 1 N–H and O–H groups in total. The van der Waals surface area contributed by atoms with Crippen molar-refractivity contribution in [2.24, 2.45) is 13.0 Å². The number of aromatic nitrogens is 7. The van der Waals surface area contributed by atoms with Crippen molar-refractivity contribution in [3.05, 3.63) is 94.4 Å². The number of anilines is 1. The smallest absolute Gasteiger partial charge is 0.254 e. The first-order valence-corrected chi connectivity index (χ1v) is 13.8. The molecule has 0 spiro atoms. The molecule has 0 fully saturated rings. The van der Waals surface area contributed by atoms with E-state index in [-0.39, 0.29) is 23.1 Å². The lowest BCUT2D eigenvalue weighted by molar-refractivity contribution is -0.119. The normalized spacial score (nSPS) is 17.0. The van der Waals surface area contributed by atoms with E-state index >= 15 is 0 Å². The topological polar surface area (TPSA) is 136 Å². The Balaban J connectivity index is 1.43. The average Bonchev–Trinajstić information content (AvgIpc) is 3.61. The highest BCUT2D eigenvalue weighted by atomic mass is 35.5. The molecule has 0 aliphatic carbocycles. The fourth-order valence-corrected chi connectivity index (χ4v) is 5.50. The molecule has 5 aromatic rings. The Morgan fingerprint density at radius 3 is 2.71 bits per heavy atom. The maximum absolute atomic E-state index is 13.7. The summed E-state index contributed by atoms with van der Waals surface area (Å²) in [6, 6.07) is 12.1. The number of hydrogen-bond donors (Lipinski definition) is 1. The van der Waals surface area contributed by atoms with Crippen LogP contribution in [0.1, 0.15) is 43.6 Å². The zero-order valence-electron chi connectivity index (χ0n) is 22.9. The van der Waals surface area contributed by atoms with E-state index in [9.17, 15) is 14.9 Å². The maximum atomic E-state index is 13.7. The van der Waals surface area contributed by atoms with E-state index in [1.54, 1.807) is 50.6 Å². The molecule has 1 aliphatic rings. The third kappa shape index (κ3) is 5.08. The number of imidazole rings is 1. The number of fused-ring (bicyclic) bond motifs is 4. The molecular weight excluding hydrogens is 554 g/mol. The van der Waals surface area contributed by atoms with Gasteiger partial charge in [-0.25, -0.2) is 9.97 Å². The van der Waals surface area contributed by atoms with Crippen LogP contribution in [0, 0.1) is 17.2 Å². The molecule has 1 aromatic carbocycles. The minimum atomic E-state index is -0.406. The first-order chi connectivity index (χ1) is 20.3. The average molecular weight is 580 g/mol. The van der Waals surface area contributed by atoms with Gasteiger partial charge in [0.2, 0.25) is 5.91 Å². The lowest BCUT2D eigenvalue weighted by Crippen LogP contribution is -2.27. The second-order valence-electron chi connectivity index (χ2n) is 10.3. The van der Waals surface area contributed by atoms with Crippen molar-refractivity contribution in [2.75, 3.05) is 5.32 Å². The van der Waals surface area contributed by atoms with Gasteiger partial charge in [0.15, 0.2) is 5.69 Å². The van der Waals surface area contributed by atoms with Crippen molar-refractivity contribution >= 4 is 23.2 Å². The van der Waals surface area contributed by atoms with Crippen molar-refractivity contribution in [1.82, 2.24) is 33.9 Å². The summed E-state index contributed by atoms with van der Waals surface area (Å²) in [4.78, 5) is 40.1. The van der Waals surface area contributed by atoms with Crippen LogP contribution in [0.4, 0.5) is 5.69 Å². The lowest BCUT2D eigenvalue weighted by Gasteiger charge is -2.22. The molecular formula is C30H26ClN9O2. The number of hydrogen-bond acceptors (Lipinski definition) is 7. The Morgan fingerprint density at radius 1 is 1.07 bits per heavy atom. The number of rotatable bonds is 3. The second-order valence-corrected chi connectivity index (χ2v) is 10.7. The van der Waals surface area contributed by atoms with E-state index in [2.05, 4.69) is 25.4 Å². The molecule has 6 rings (SSSR count). The summed E-state index contributed by atoms with van der Waals surface area (Å²) in [6.45, 7) is 1.90. The molecule has 2 atom stereocenters. The molecule has 42 heavy (non-hydrogen) atoms. The molecule has 1 aliphatic heterocycles. The predicted octanol–water partition coefficient (Wildman–Crippen LogP) is 4.76. The summed E-state index contributed by atoms with van der Waals surface area (Å²) >= 11 is 6.33. The molecule has 210 valence electrons. The third-order valence-electron chi connectivity index (χ3n) is 7.54. The maximum Gasteiger partial charge on any atom is 0.254 e. The fourth-order valence-electron chi connectivity index (χ4n) is 5.33. The monoisotopic (exact) mass is 579 g/mol. The largest absolute Gasteiger partial charge is 0.323 e. The fraction of sp³-hybridized carbons (Fsp3) is 0.233. The molecule has 5 heterocycles. The minimum absolute atomic E-state index is 0.0732. The minimum Gasteiger partial charge on any atom is -0.323 e. The van der Waals surface area contributed by atoms with Crippen LogP contribution in [0.15, 0.2) is 72.4 Å². The molecule has 0 saturated heterocycles. The number of benzene rings is 1. The number of amides is 1. The molecule has 1 amide bonds. The van der Waals surface area contributed by atoms with Crippen molar-refractivity contribution in [1.29, 1.82) is 5.26 Å². The molecule has 2 bridgehead atoms. The standard InChI is InChI=1S/C30H26ClN9O2/c1-18-4-3-5-27(24-10-19(8-9-33-24)29-25(37-30(18)42)14-36-38(29)2)40-17-35-23(12-28(40)41)22-11-20(31)6-7-26(22)39-15-21(13-32)34-16-39/h6-12,14-18,27H,3-5H2,1-2H3,(H,37,42). The third-order valence-corrected chi connectivity index (χ3v) is 7.77. The number of halogens is 1. The number of aryl methyl sites for hydroxylation is 1. The van der Waals surface area contributed by atoms with Crippen molar-refractivity contribution in [3.8, 4) is 34.3 Å². The van der Waals surface area contributed by atoms with E-state index in [4.69, 9.17) is 11.6 Å². The van der Waals surface area contributed by atoms with Crippen molar-refractivity contribution < 1.29 is 4.79 Å². The highest BCUT2D eigenvalue weighted by Crippen LogP contribution is 2.33. The van der Waals surface area contributed by atoms with Gasteiger partial charge < -0.3 is 9.88 Å². The molecule has 0 saturated carbocycles. The van der Waals surface area contributed by atoms with E-state index in [1.165, 1.54) is 18.7 Å². The number of pyridine rings is 1. The number of nitrogens with zero attached hydrogens (tertiary/aromatic N) is 8. The van der Waals surface area contributed by atoms with Crippen LogP contribution in [0.3, 0.4) is 0 Å². The van der Waals surface area contributed by atoms with Gasteiger partial charge in [-0.3, -0.25) is 23.8 Å². The van der Waals surface area contributed by atoms with Crippen LogP contribution in [0.2, 0.25) is 5.02 Å². The zero-order chi connectivity index (χ0) is 29.4. The van der Waals surface area contributed by atoms with Gasteiger partial charge in [-0.1, -0.05) is 24.9 Å². The van der Waals surface area contributed by atoms with Gasteiger partial charge >= 0.3 is 0 Å². The van der Waals surface area contributed by atoms with E-state index in [0.717, 1.165) is 11.3 Å². The van der Waals surface area contributed by atoms with Gasteiger partial charge in [0.1, 0.15) is 12.4 Å². The lowest BCUT2D eigenvalue weighted by atomic mass is 9.97. The highest BCUT2D eigenvalue weighted by Gasteiger charge is 2.24. The van der Waals surface area contributed by atoms with Crippen molar-refractivity contribution in [2.45, 2.75) is 32.2 Å². The Hall–Kier alpha value is -5.08. The molecule has 4 aromatic heterocycles. The summed E-state index contributed by atoms with van der Waals surface area (Å²) in [6.07, 6.45) is 9.94. The Morgan fingerprint density at radius 2 is 1.93 bits per heavy atom. The Kier molecular flexibility index (Phi) is 7.14. The number of nitriles is 1. The summed E-state index contributed by atoms with van der Waals surface area (Å²) in [7, 11) is 1.82. The van der Waals surface area contributed by atoms with Gasteiger partial charge in [0, 0.05) is 47.6 Å². The summed E-state index contributed by atoms with van der Waals surface area (Å²) < 4.78 is 5.00. The first-order valence-electron chi connectivity index (χ1n) is 13.4. The molecule has 12 heteroatoms. The van der Waals surface area contributed by atoms with Crippen LogP contribution in [-0.2, 0) is 11.8 Å². The summed E-state index contributed by atoms with van der Waals surface area (Å²) in [5, 5.41) is 17.1. The van der Waals surface area contributed by atoms with Crippen LogP contribution >= 0.6 is 11.6 Å². The summed E-state index contributed by atoms with van der Waals surface area (Å²) in [5.41, 5.74) is 4.66. The van der Waals surface area contributed by atoms with E-state index < -0.39 is 6.04 Å². The van der Waals surface area contributed by atoms with Crippen LogP contribution < -0.4 is 10.9 Å². The van der Waals surface area contributed by atoms with Crippen molar-refractivity contribution in [3.63, 3.8) is 0 Å². The molecule has 2 unspecified atom stereocenters.